The number of aldehydes is 1. The van der Waals surface area contributed by atoms with Gasteiger partial charge in [-0.25, -0.2) is 29.0 Å². The molecular weight excluding hydrogens is 1250 g/mol. The monoisotopic (exact) mass is 1350 g/mol. The van der Waals surface area contributed by atoms with E-state index in [-0.39, 0.29) is 50.3 Å². The molecule has 534 valence electrons. The number of ether oxygens (including phenoxy) is 4. The molecule has 26 nitrogen and oxygen atoms in total. The molecule has 11 N–H and O–H groups in total. The van der Waals surface area contributed by atoms with Crippen LogP contribution in [0.5, 0.6) is 0 Å². The number of hydroxylamine groups is 2. The Labute approximate surface area is 570 Å². The minimum absolute atomic E-state index is 0.130. The third-order valence-corrected chi connectivity index (χ3v) is 14.3. The second-order valence-electron chi connectivity index (χ2n) is 23.1. The summed E-state index contributed by atoms with van der Waals surface area (Å²) in [4.78, 5) is 111. The fourth-order valence-corrected chi connectivity index (χ4v) is 8.27. The van der Waals surface area contributed by atoms with Crippen molar-refractivity contribution in [2.24, 2.45) is 5.73 Å². The topological polar surface area (TPSA) is 366 Å². The van der Waals surface area contributed by atoms with Crippen LogP contribution in [0.3, 0.4) is 0 Å². The van der Waals surface area contributed by atoms with E-state index in [0.29, 0.717) is 44.6 Å². The van der Waals surface area contributed by atoms with E-state index in [9.17, 15) is 53.4 Å². The van der Waals surface area contributed by atoms with Crippen LogP contribution in [-0.4, -0.2) is 149 Å². The Morgan fingerprint density at radius 2 is 0.876 bits per heavy atom. The Balaban J connectivity index is 0.000000408. The van der Waals surface area contributed by atoms with Crippen LogP contribution < -0.4 is 37.6 Å². The first kappa shape index (κ1) is 83.9. The van der Waals surface area contributed by atoms with Gasteiger partial charge in [-0.1, -0.05) is 193 Å². The van der Waals surface area contributed by atoms with E-state index in [1.54, 1.807) is 0 Å². The van der Waals surface area contributed by atoms with E-state index >= 15 is 0 Å². The minimum Gasteiger partial charge on any atom is -0.480 e. The highest BCUT2D eigenvalue weighted by Crippen LogP contribution is 2.23. The van der Waals surface area contributed by atoms with Crippen LogP contribution >= 0.6 is 0 Å². The zero-order chi connectivity index (χ0) is 71.8. The van der Waals surface area contributed by atoms with Crippen molar-refractivity contribution < 1.29 is 82.3 Å². The maximum Gasteiger partial charge on any atom is 0.408 e. The van der Waals surface area contributed by atoms with Crippen molar-refractivity contribution >= 4 is 54.3 Å². The van der Waals surface area contributed by atoms with Gasteiger partial charge in [0.25, 0.3) is 30.3 Å². The standard InChI is InChI=1S/C17H24N2O4.C15H22N2O4.C13H17NO4.C13H17NO3.C9H18N2O2.C4H6N/c1-2-6-14(15(20)16(21)18-13-9-10-13)19-17(22)23-11-12-7-4-3-5-8-12;1-4-8-13(14(18)17(2)20-3)16-15(19)21-11-12-9-6-5-7-10-12;1-2-6-11(12(15)16)14-13(17)18-9-10-7-4-3-5-8-10;1-2-6-12(9-15)14-13(16)17-10-11-7-4-3-5-8-11;1-2-3-7(10)8(12)9(13)11-6-4-5-6;1-5-4-2-3-4/h3-5,7-8,13-15,20H,2,6,9-11H2,1H3,(H,18,21)(H,19,22);5-7,9-10,13H,4,8,11H2,1-3H3,(H,16,19);3-5,7-8,11H,2,6,9H2,1H3,(H,14,17)(H,15,16);3-5,7-9,12H,2,6,10H2,1H3,(H,14,16);6-8,12H,2-5,10H2,1H3,(H,11,13);1,4H,2-3H2/q;;;;;+1/t14-,15?;13-;11-;12-;7-,8?;/m00000./s1. The molecule has 0 saturated heterocycles. The van der Waals surface area contributed by atoms with Gasteiger partial charge in [0, 0.05) is 38.0 Å². The lowest BCUT2D eigenvalue weighted by Crippen LogP contribution is -2.51. The second-order valence-corrected chi connectivity index (χ2v) is 23.1. The number of aliphatic carboxylic acids is 1. The summed E-state index contributed by atoms with van der Waals surface area (Å²) < 4.78 is 20.2. The number of amides is 7. The van der Waals surface area contributed by atoms with E-state index in [1.807, 2.05) is 156 Å². The fourth-order valence-electron chi connectivity index (χ4n) is 8.27. The molecule has 3 fully saturated rings. The van der Waals surface area contributed by atoms with E-state index in [0.717, 1.165) is 85.0 Å². The summed E-state index contributed by atoms with van der Waals surface area (Å²) in [6.07, 6.45) is 8.90. The number of benzene rings is 4. The maximum atomic E-state index is 12.0. The summed E-state index contributed by atoms with van der Waals surface area (Å²) in [6.45, 7) is 15.2. The number of nitrogens with one attached hydrogen (secondary N) is 6. The van der Waals surface area contributed by atoms with Crippen molar-refractivity contribution in [3.63, 3.8) is 0 Å². The number of carboxylic acids is 1. The summed E-state index contributed by atoms with van der Waals surface area (Å²) in [5, 5.41) is 45.0. The molecule has 7 amide bonds. The summed E-state index contributed by atoms with van der Waals surface area (Å²) in [7, 11) is 2.90. The molecule has 0 aliphatic heterocycles. The van der Waals surface area contributed by atoms with Crippen molar-refractivity contribution in [1.82, 2.24) is 37.0 Å². The van der Waals surface area contributed by atoms with Crippen LogP contribution in [0, 0.1) is 6.57 Å². The Bertz CT molecular complexity index is 2920. The Hall–Kier alpha value is -9.16. The van der Waals surface area contributed by atoms with Crippen molar-refractivity contribution in [2.45, 2.75) is 224 Å². The molecule has 26 heteroatoms. The van der Waals surface area contributed by atoms with Crippen LogP contribution in [0.4, 0.5) is 19.2 Å². The SMILES string of the molecule is C#[N+]C1CC1.CCC[C@@H](C=O)NC(=O)OCc1ccccc1.CCC[C@H](N)C(O)C(=O)NC1CC1.CCC[C@H](NC(=O)OCc1ccccc1)C(=O)N(C)OC.CCC[C@H](NC(=O)OCc1ccccc1)C(=O)O.CCC[C@H](NC(=O)OCc1ccccc1)C(O)C(=O)NC1CC1. The lowest BCUT2D eigenvalue weighted by molar-refractivity contribution is -0.171. The highest BCUT2D eigenvalue weighted by Gasteiger charge is 2.33. The van der Waals surface area contributed by atoms with Gasteiger partial charge >= 0.3 is 30.3 Å². The summed E-state index contributed by atoms with van der Waals surface area (Å²) in [5.74, 6) is -2.11. The van der Waals surface area contributed by atoms with Crippen LogP contribution in [0.25, 0.3) is 4.85 Å². The van der Waals surface area contributed by atoms with E-state index in [4.69, 9.17) is 41.2 Å². The first-order valence-corrected chi connectivity index (χ1v) is 33.2. The lowest BCUT2D eigenvalue weighted by Gasteiger charge is -2.23. The zero-order valence-electron chi connectivity index (χ0n) is 57.1. The van der Waals surface area contributed by atoms with E-state index < -0.39 is 78.7 Å². The summed E-state index contributed by atoms with van der Waals surface area (Å²) in [6, 6.07) is 35.2. The van der Waals surface area contributed by atoms with Gasteiger partial charge in [-0.15, -0.1) is 0 Å². The number of carboxylic acid groups (broad SMARTS) is 1. The van der Waals surface area contributed by atoms with Gasteiger partial charge < -0.3 is 76.7 Å². The number of hydrogen-bond donors (Lipinski definition) is 10. The first-order chi connectivity index (χ1) is 46.6. The van der Waals surface area contributed by atoms with Gasteiger partial charge in [0.05, 0.1) is 19.2 Å². The minimum atomic E-state index is -1.26. The van der Waals surface area contributed by atoms with Crippen LogP contribution in [0.15, 0.2) is 121 Å². The van der Waals surface area contributed by atoms with Crippen LogP contribution in [0.2, 0.25) is 0 Å². The molecule has 0 radical (unpaired) electrons. The molecule has 3 aliphatic rings. The number of carbonyl (C=O) groups excluding carboxylic acids is 8. The number of aliphatic hydroxyl groups excluding tert-OH is 2. The Morgan fingerprint density at radius 3 is 1.20 bits per heavy atom. The normalized spacial score (nSPS) is 14.4. The zero-order valence-corrected chi connectivity index (χ0v) is 57.1. The molecule has 0 aromatic heterocycles. The number of rotatable bonds is 32. The largest absolute Gasteiger partial charge is 0.480 e. The number of hydrogen-bond acceptors (Lipinski definition) is 17. The third kappa shape index (κ3) is 40.1. The number of likely N-dealkylation sites (N-methyl/N-ethyl adjacent to an activating group) is 1. The van der Waals surface area contributed by atoms with Crippen LogP contribution in [0.1, 0.15) is 160 Å². The van der Waals surface area contributed by atoms with E-state index in [1.165, 1.54) is 27.0 Å². The van der Waals surface area contributed by atoms with Crippen molar-refractivity contribution in [3.05, 3.63) is 148 Å². The predicted molar refractivity (Wildman–Crippen MR) is 366 cm³/mol. The highest BCUT2D eigenvalue weighted by atomic mass is 16.7. The van der Waals surface area contributed by atoms with Crippen LogP contribution in [-0.2, 0) is 74.2 Å². The molecule has 0 bridgehead atoms. The number of nitrogens with two attached hydrogens (primary N) is 1. The number of alkyl carbamates (subject to hydrolysis) is 4. The molecule has 7 rings (SSSR count). The molecule has 0 spiro atoms. The second kappa shape index (κ2) is 50.3. The van der Waals surface area contributed by atoms with Crippen molar-refractivity contribution in [1.29, 1.82) is 0 Å². The van der Waals surface area contributed by atoms with Crippen molar-refractivity contribution in [2.75, 3.05) is 14.2 Å². The third-order valence-electron chi connectivity index (χ3n) is 14.3. The molecule has 97 heavy (non-hydrogen) atoms. The number of aliphatic hydroxyl groups is 2. The molecule has 4 aromatic carbocycles. The van der Waals surface area contributed by atoms with E-state index in [2.05, 4.69) is 36.7 Å². The van der Waals surface area contributed by atoms with Gasteiger partial charge in [-0.3, -0.25) is 19.2 Å². The fraction of sp³-hybridized carbons (Fsp3) is 0.521. The molecule has 4 aromatic rings. The Morgan fingerprint density at radius 1 is 0.526 bits per heavy atom. The smallest absolute Gasteiger partial charge is 0.408 e. The molecule has 0 heterocycles. The molecule has 2 unspecified atom stereocenters. The maximum absolute atomic E-state index is 12.0. The van der Waals surface area contributed by atoms with Gasteiger partial charge in [0.1, 0.15) is 50.9 Å². The van der Waals surface area contributed by atoms with Crippen molar-refractivity contribution in [3.8, 4) is 6.57 Å². The van der Waals surface area contributed by atoms with Gasteiger partial charge in [0.2, 0.25) is 0 Å². The molecule has 3 aliphatic carbocycles. The highest BCUT2D eigenvalue weighted by molar-refractivity contribution is 5.85. The van der Waals surface area contributed by atoms with Gasteiger partial charge in [-0.05, 0) is 80.0 Å². The number of carbonyl (C=O) groups is 9. The molecular formula is C71H104N9O17+. The molecule has 7 atom stereocenters. The average molecular weight is 1360 g/mol. The van der Waals surface area contributed by atoms with Gasteiger partial charge in [-0.2, -0.15) is 0 Å². The lowest BCUT2D eigenvalue weighted by atomic mass is 10.1. The number of nitrogens with zero attached hydrogens (tertiary/aromatic N) is 2. The summed E-state index contributed by atoms with van der Waals surface area (Å²) in [5.41, 5.74) is 9.15. The Kier molecular flexibility index (Phi) is 43.5. The first-order valence-electron chi connectivity index (χ1n) is 33.2. The predicted octanol–water partition coefficient (Wildman–Crippen LogP) is 9.13. The quantitative estimate of drug-likeness (QED) is 0.0124. The summed E-state index contributed by atoms with van der Waals surface area (Å²) >= 11 is 0. The molecule has 3 saturated carbocycles. The van der Waals surface area contributed by atoms with Gasteiger partial charge in [0.15, 0.2) is 6.10 Å². The average Bonchev–Trinajstić information content (AvgIpc) is 1.93.